The van der Waals surface area contributed by atoms with Gasteiger partial charge in [0.2, 0.25) is 0 Å². The molecule has 2 unspecified atom stereocenters. The fraction of sp³-hybridized carbons (Fsp3) is 0.860. The van der Waals surface area contributed by atoms with E-state index < -0.39 is 26.5 Å². The van der Waals surface area contributed by atoms with Crippen molar-refractivity contribution in [1.82, 2.24) is 0 Å². The van der Waals surface area contributed by atoms with Gasteiger partial charge in [-0.2, -0.15) is 0 Å². The molecule has 0 aliphatic heterocycles. The van der Waals surface area contributed by atoms with E-state index in [4.69, 9.17) is 18.5 Å². The zero-order valence-corrected chi connectivity index (χ0v) is 34.9. The molecule has 0 amide bonds. The van der Waals surface area contributed by atoms with E-state index >= 15 is 0 Å². The highest BCUT2D eigenvalue weighted by molar-refractivity contribution is 7.47. The number of phosphoric acid groups is 1. The van der Waals surface area contributed by atoms with Crippen molar-refractivity contribution in [3.8, 4) is 0 Å². The highest BCUT2D eigenvalue weighted by Gasteiger charge is 2.25. The van der Waals surface area contributed by atoms with E-state index in [0.29, 0.717) is 12.8 Å². The number of allylic oxidation sites excluding steroid dienone is 4. The van der Waals surface area contributed by atoms with Crippen LogP contribution in [0.2, 0.25) is 0 Å². The largest absolute Gasteiger partial charge is 0.472 e. The third kappa shape index (κ3) is 38.3. The number of rotatable bonds is 40. The summed E-state index contributed by atoms with van der Waals surface area (Å²) in [5.41, 5.74) is 0. The summed E-state index contributed by atoms with van der Waals surface area (Å²) in [6.07, 6.45) is 42.2. The number of esters is 2. The molecule has 306 valence electrons. The molecule has 0 aromatic rings. The Morgan fingerprint density at radius 2 is 0.923 bits per heavy atom. The van der Waals surface area contributed by atoms with Crippen molar-refractivity contribution in [2.45, 2.75) is 219 Å². The normalized spacial score (nSPS) is 13.5. The van der Waals surface area contributed by atoms with Crippen LogP contribution < -0.4 is 0 Å². The minimum absolute atomic E-state index is 0.000640. The quantitative estimate of drug-likeness (QED) is 0.0285. The van der Waals surface area contributed by atoms with Gasteiger partial charge in [-0.1, -0.05) is 173 Å². The third-order valence-electron chi connectivity index (χ3n) is 9.26. The van der Waals surface area contributed by atoms with E-state index in [1.165, 1.54) is 122 Å². The molecule has 0 spiro atoms. The van der Waals surface area contributed by atoms with Crippen LogP contribution in [-0.2, 0) is 32.7 Å². The monoisotopic (exact) mass is 757 g/mol. The first kappa shape index (κ1) is 50.5. The number of hydrogen-bond donors (Lipinski definition) is 1. The molecule has 0 aliphatic carbocycles. The molecule has 0 aliphatic rings. The molecule has 0 aromatic heterocycles. The Morgan fingerprint density at radius 3 is 1.40 bits per heavy atom. The van der Waals surface area contributed by atoms with Gasteiger partial charge in [0.05, 0.1) is 13.2 Å². The van der Waals surface area contributed by atoms with Gasteiger partial charge in [-0.25, -0.2) is 4.57 Å². The molecule has 0 radical (unpaired) electrons. The molecule has 0 saturated carbocycles. The number of carbonyl (C=O) groups is 2. The molecule has 2 atom stereocenters. The maximum absolute atomic E-state index is 12.5. The molecule has 52 heavy (non-hydrogen) atoms. The molecule has 0 bridgehead atoms. The first-order valence-corrected chi connectivity index (χ1v) is 23.1. The third-order valence-corrected chi connectivity index (χ3v) is 10.3. The summed E-state index contributed by atoms with van der Waals surface area (Å²) in [6, 6.07) is 0. The second kappa shape index (κ2) is 39.2. The first-order chi connectivity index (χ1) is 25.3. The van der Waals surface area contributed by atoms with Crippen LogP contribution in [-0.4, -0.2) is 42.8 Å². The van der Waals surface area contributed by atoms with Crippen LogP contribution in [0.5, 0.6) is 0 Å². The predicted molar refractivity (Wildman–Crippen MR) is 216 cm³/mol. The first-order valence-electron chi connectivity index (χ1n) is 21.6. The smallest absolute Gasteiger partial charge is 0.462 e. The van der Waals surface area contributed by atoms with E-state index in [-0.39, 0.29) is 25.6 Å². The van der Waals surface area contributed by atoms with Crippen LogP contribution in [0, 0.1) is 0 Å². The molecule has 0 saturated heterocycles. The Hall–Kier alpha value is -1.47. The number of hydrogen-bond acceptors (Lipinski definition) is 7. The molecular weight excluding hydrogens is 675 g/mol. The van der Waals surface area contributed by atoms with Gasteiger partial charge in [0.15, 0.2) is 6.10 Å². The highest BCUT2D eigenvalue weighted by atomic mass is 31.2. The van der Waals surface area contributed by atoms with Gasteiger partial charge in [0.25, 0.3) is 0 Å². The molecule has 0 heterocycles. The Kier molecular flexibility index (Phi) is 38.1. The second-order valence-corrected chi connectivity index (χ2v) is 15.8. The van der Waals surface area contributed by atoms with E-state index in [0.717, 1.165) is 51.4 Å². The van der Waals surface area contributed by atoms with Gasteiger partial charge in [0, 0.05) is 12.8 Å². The fourth-order valence-corrected chi connectivity index (χ4v) is 6.83. The maximum Gasteiger partial charge on any atom is 0.472 e. The van der Waals surface area contributed by atoms with E-state index in [1.54, 1.807) is 6.92 Å². The molecule has 0 rings (SSSR count). The Bertz CT molecular complexity index is 906. The molecule has 0 aromatic carbocycles. The van der Waals surface area contributed by atoms with Crippen LogP contribution in [0.25, 0.3) is 0 Å². The van der Waals surface area contributed by atoms with Crippen molar-refractivity contribution >= 4 is 19.8 Å². The summed E-state index contributed by atoms with van der Waals surface area (Å²) in [6.45, 7) is 5.46. The Balaban J connectivity index is 4.08. The lowest BCUT2D eigenvalue weighted by Gasteiger charge is -2.19. The fourth-order valence-electron chi connectivity index (χ4n) is 6.07. The predicted octanol–water partition coefficient (Wildman–Crippen LogP) is 13.5. The van der Waals surface area contributed by atoms with Gasteiger partial charge < -0.3 is 14.4 Å². The maximum atomic E-state index is 12.5. The zero-order valence-electron chi connectivity index (χ0n) is 34.0. The minimum Gasteiger partial charge on any atom is -0.462 e. The van der Waals surface area contributed by atoms with Crippen molar-refractivity contribution in [1.29, 1.82) is 0 Å². The molecule has 0 fully saturated rings. The van der Waals surface area contributed by atoms with Crippen LogP contribution in [0.15, 0.2) is 24.3 Å². The van der Waals surface area contributed by atoms with Crippen molar-refractivity contribution in [2.75, 3.05) is 19.8 Å². The second-order valence-electron chi connectivity index (χ2n) is 14.4. The number of ether oxygens (including phenoxy) is 2. The van der Waals surface area contributed by atoms with Crippen molar-refractivity contribution in [3.05, 3.63) is 24.3 Å². The van der Waals surface area contributed by atoms with Gasteiger partial charge in [0.1, 0.15) is 6.61 Å². The summed E-state index contributed by atoms with van der Waals surface area (Å²) in [4.78, 5) is 34.7. The van der Waals surface area contributed by atoms with Crippen LogP contribution in [0.4, 0.5) is 0 Å². The lowest BCUT2D eigenvalue weighted by molar-refractivity contribution is -0.161. The topological polar surface area (TPSA) is 108 Å². The summed E-state index contributed by atoms with van der Waals surface area (Å²) in [5, 5.41) is 0. The summed E-state index contributed by atoms with van der Waals surface area (Å²) in [7, 11) is -4.28. The summed E-state index contributed by atoms with van der Waals surface area (Å²) < 4.78 is 32.6. The average Bonchev–Trinajstić information content (AvgIpc) is 3.12. The number of phosphoric ester groups is 1. The van der Waals surface area contributed by atoms with Gasteiger partial charge in [-0.3, -0.25) is 18.6 Å². The average molecular weight is 757 g/mol. The number of unbranched alkanes of at least 4 members (excludes halogenated alkanes) is 24. The number of carbonyl (C=O) groups excluding carboxylic acids is 2. The van der Waals surface area contributed by atoms with Crippen LogP contribution in [0.1, 0.15) is 213 Å². The Morgan fingerprint density at radius 1 is 0.519 bits per heavy atom. The van der Waals surface area contributed by atoms with Crippen molar-refractivity contribution in [3.63, 3.8) is 0 Å². The molecule has 9 heteroatoms. The zero-order chi connectivity index (χ0) is 38.2. The standard InChI is InChI=1S/C43H81O8P/c1-4-7-9-11-13-15-17-19-21-22-24-26-28-30-32-34-36-38-43(45)51-41(40-50-52(46,47)49-6-3)39-48-42(44)37-35-33-31-29-27-25-23-20-18-16-14-12-10-8-5-2/h13,15,19,21,41H,4-12,14,16-18,20,22-40H2,1-3H3,(H,46,47)/b15-13-,21-19-. The van der Waals surface area contributed by atoms with Crippen molar-refractivity contribution in [2.24, 2.45) is 0 Å². The SMILES string of the molecule is CCCCC/C=C\C/C=C\CCCCCCCCCC(=O)OC(COC(=O)CCCCCCCCCCCCCCCCC)COP(=O)(O)OCC. The van der Waals surface area contributed by atoms with E-state index in [9.17, 15) is 19.0 Å². The van der Waals surface area contributed by atoms with Gasteiger partial charge >= 0.3 is 19.8 Å². The Labute approximate surface area is 320 Å². The minimum atomic E-state index is -4.28. The van der Waals surface area contributed by atoms with E-state index in [2.05, 4.69) is 38.2 Å². The summed E-state index contributed by atoms with van der Waals surface area (Å²) in [5.74, 6) is -0.798. The lowest BCUT2D eigenvalue weighted by atomic mass is 10.0. The molecule has 1 N–H and O–H groups in total. The van der Waals surface area contributed by atoms with Gasteiger partial charge in [-0.05, 0) is 51.9 Å². The summed E-state index contributed by atoms with van der Waals surface area (Å²) >= 11 is 0. The molecular formula is C43H81O8P. The van der Waals surface area contributed by atoms with Crippen LogP contribution in [0.3, 0.4) is 0 Å². The van der Waals surface area contributed by atoms with Gasteiger partial charge in [-0.15, -0.1) is 0 Å². The lowest BCUT2D eigenvalue weighted by Crippen LogP contribution is -2.29. The van der Waals surface area contributed by atoms with Crippen molar-refractivity contribution < 1.29 is 37.6 Å². The highest BCUT2D eigenvalue weighted by Crippen LogP contribution is 2.43. The van der Waals surface area contributed by atoms with Crippen LogP contribution >= 0.6 is 7.82 Å². The van der Waals surface area contributed by atoms with E-state index in [1.807, 2.05) is 0 Å². The molecule has 8 nitrogen and oxygen atoms in total.